The Kier molecular flexibility index (Phi) is 12.7. The molecule has 0 saturated heterocycles. The number of rotatable bonds is 18. The summed E-state index contributed by atoms with van der Waals surface area (Å²) in [7, 11) is -3.92. The SMILES string of the molecule is CCCCOP(=O)(OCCOCCOCCOCC)OOc1cccc2ccccc12. The number of benzene rings is 2. The van der Waals surface area contributed by atoms with E-state index >= 15 is 0 Å². The van der Waals surface area contributed by atoms with Gasteiger partial charge in [-0.25, -0.2) is 4.57 Å². The highest BCUT2D eigenvalue weighted by Crippen LogP contribution is 2.50. The van der Waals surface area contributed by atoms with Crippen molar-refractivity contribution in [2.45, 2.75) is 26.7 Å². The summed E-state index contributed by atoms with van der Waals surface area (Å²) < 4.78 is 44.8. The molecule has 2 aromatic rings. The second-order valence-corrected chi connectivity index (χ2v) is 8.08. The summed E-state index contributed by atoms with van der Waals surface area (Å²) in [5.74, 6) is 0.432. The van der Waals surface area contributed by atoms with Gasteiger partial charge in [-0.15, -0.1) is 0 Å². The van der Waals surface area contributed by atoms with Crippen LogP contribution >= 0.6 is 7.82 Å². The van der Waals surface area contributed by atoms with Crippen LogP contribution in [0.15, 0.2) is 42.5 Å². The quantitative estimate of drug-likeness (QED) is 0.132. The first-order valence-corrected chi connectivity index (χ1v) is 12.1. The van der Waals surface area contributed by atoms with Crippen molar-refractivity contribution in [3.8, 4) is 5.75 Å². The summed E-state index contributed by atoms with van der Waals surface area (Å²) in [6, 6.07) is 13.2. The van der Waals surface area contributed by atoms with E-state index < -0.39 is 7.82 Å². The summed E-state index contributed by atoms with van der Waals surface area (Å²) >= 11 is 0. The van der Waals surface area contributed by atoms with Crippen LogP contribution in [0.3, 0.4) is 0 Å². The highest BCUT2D eigenvalue weighted by Gasteiger charge is 2.29. The summed E-state index contributed by atoms with van der Waals surface area (Å²) in [5.41, 5.74) is 0. The molecular weight excluding hydrogens is 423 g/mol. The zero-order chi connectivity index (χ0) is 22.2. The van der Waals surface area contributed by atoms with Crippen LogP contribution in [0.4, 0.5) is 0 Å². The van der Waals surface area contributed by atoms with Crippen molar-refractivity contribution in [2.75, 3.05) is 52.9 Å². The first kappa shape index (κ1) is 25.7. The molecule has 1 unspecified atom stereocenters. The Bertz CT molecular complexity index is 780. The minimum Gasteiger partial charge on any atom is -0.379 e. The molecule has 0 spiro atoms. The molecular formula is C22H33O8P. The number of hydrogen-bond acceptors (Lipinski definition) is 8. The number of hydrogen-bond donors (Lipinski definition) is 0. The third-order valence-electron chi connectivity index (χ3n) is 4.14. The van der Waals surface area contributed by atoms with Gasteiger partial charge in [-0.1, -0.05) is 54.4 Å². The maximum atomic E-state index is 12.9. The van der Waals surface area contributed by atoms with Crippen LogP contribution in [0.2, 0.25) is 0 Å². The van der Waals surface area contributed by atoms with E-state index in [2.05, 4.69) is 0 Å². The number of ether oxygens (including phenoxy) is 3. The van der Waals surface area contributed by atoms with E-state index in [0.29, 0.717) is 38.8 Å². The Hall–Kier alpha value is -1.51. The Balaban J connectivity index is 1.78. The molecule has 1 atom stereocenters. The molecule has 0 aliphatic rings. The van der Waals surface area contributed by atoms with Gasteiger partial charge in [0.2, 0.25) is 0 Å². The van der Waals surface area contributed by atoms with Crippen molar-refractivity contribution in [3.05, 3.63) is 42.5 Å². The van der Waals surface area contributed by atoms with Crippen LogP contribution in [0.1, 0.15) is 26.7 Å². The topological polar surface area (TPSA) is 81.7 Å². The first-order chi connectivity index (χ1) is 15.2. The molecule has 0 saturated carbocycles. The zero-order valence-corrected chi connectivity index (χ0v) is 19.2. The molecule has 2 aromatic carbocycles. The normalized spacial score (nSPS) is 13.4. The van der Waals surface area contributed by atoms with Crippen LogP contribution in [-0.2, 0) is 32.5 Å². The fourth-order valence-electron chi connectivity index (χ4n) is 2.55. The largest absolute Gasteiger partial charge is 0.511 e. The summed E-state index contributed by atoms with van der Waals surface area (Å²) in [4.78, 5) is 5.37. The van der Waals surface area contributed by atoms with Crippen molar-refractivity contribution in [3.63, 3.8) is 0 Å². The van der Waals surface area contributed by atoms with Gasteiger partial charge in [-0.3, -0.25) is 9.05 Å². The minimum absolute atomic E-state index is 0.0290. The summed E-state index contributed by atoms with van der Waals surface area (Å²) in [6.07, 6.45) is 1.61. The maximum absolute atomic E-state index is 12.9. The Labute approximate surface area is 184 Å². The van der Waals surface area contributed by atoms with Gasteiger partial charge in [0.1, 0.15) is 0 Å². The highest BCUT2D eigenvalue weighted by molar-refractivity contribution is 7.48. The van der Waals surface area contributed by atoms with Gasteiger partial charge < -0.3 is 19.1 Å². The van der Waals surface area contributed by atoms with Crippen LogP contribution in [0.25, 0.3) is 10.8 Å². The lowest BCUT2D eigenvalue weighted by Gasteiger charge is -2.17. The van der Waals surface area contributed by atoms with Gasteiger partial charge in [0, 0.05) is 12.0 Å². The molecule has 0 aromatic heterocycles. The van der Waals surface area contributed by atoms with Gasteiger partial charge in [-0.05, 0) is 24.8 Å². The molecule has 0 aliphatic heterocycles. The second-order valence-electron chi connectivity index (χ2n) is 6.52. The summed E-state index contributed by atoms with van der Waals surface area (Å²) in [6.45, 7) is 7.01. The van der Waals surface area contributed by atoms with E-state index in [1.54, 1.807) is 6.07 Å². The maximum Gasteiger partial charge on any atom is 0.511 e. The van der Waals surface area contributed by atoms with Crippen molar-refractivity contribution in [1.82, 2.24) is 0 Å². The fourth-order valence-corrected chi connectivity index (χ4v) is 3.53. The predicted octanol–water partition coefficient (Wildman–Crippen LogP) is 5.16. The third-order valence-corrected chi connectivity index (χ3v) is 5.40. The van der Waals surface area contributed by atoms with E-state index in [0.717, 1.165) is 23.6 Å². The van der Waals surface area contributed by atoms with Crippen molar-refractivity contribution in [1.29, 1.82) is 0 Å². The molecule has 0 aliphatic carbocycles. The average molecular weight is 456 g/mol. The van der Waals surface area contributed by atoms with Crippen LogP contribution in [0, 0.1) is 0 Å². The molecule has 174 valence electrons. The molecule has 0 bridgehead atoms. The Morgan fingerprint density at radius 3 is 2.13 bits per heavy atom. The third kappa shape index (κ3) is 10.1. The van der Waals surface area contributed by atoms with E-state index in [1.807, 2.05) is 50.2 Å². The van der Waals surface area contributed by atoms with Crippen LogP contribution in [0.5, 0.6) is 5.75 Å². The van der Waals surface area contributed by atoms with Crippen molar-refractivity contribution < 1.29 is 37.4 Å². The van der Waals surface area contributed by atoms with Gasteiger partial charge in [-0.2, -0.15) is 0 Å². The molecule has 0 N–H and O–H groups in total. The first-order valence-electron chi connectivity index (χ1n) is 10.6. The van der Waals surface area contributed by atoms with Crippen molar-refractivity contribution in [2.24, 2.45) is 0 Å². The van der Waals surface area contributed by atoms with E-state index in [-0.39, 0.29) is 19.8 Å². The molecule has 2 rings (SSSR count). The Morgan fingerprint density at radius 1 is 0.742 bits per heavy atom. The minimum atomic E-state index is -3.92. The van der Waals surface area contributed by atoms with Gasteiger partial charge >= 0.3 is 7.82 Å². The van der Waals surface area contributed by atoms with E-state index in [4.69, 9.17) is 32.8 Å². The lowest BCUT2D eigenvalue weighted by Crippen LogP contribution is -2.12. The highest BCUT2D eigenvalue weighted by atomic mass is 31.2. The van der Waals surface area contributed by atoms with E-state index in [9.17, 15) is 4.57 Å². The molecule has 8 nitrogen and oxygen atoms in total. The molecule has 0 fully saturated rings. The lowest BCUT2D eigenvalue weighted by atomic mass is 10.1. The van der Waals surface area contributed by atoms with Crippen LogP contribution < -0.4 is 4.89 Å². The summed E-state index contributed by atoms with van der Waals surface area (Å²) in [5, 5.41) is 1.81. The van der Waals surface area contributed by atoms with E-state index in [1.165, 1.54) is 0 Å². The van der Waals surface area contributed by atoms with Crippen molar-refractivity contribution >= 4 is 18.6 Å². The smallest absolute Gasteiger partial charge is 0.379 e. The van der Waals surface area contributed by atoms with Gasteiger partial charge in [0.25, 0.3) is 0 Å². The standard InChI is InChI=1S/C22H33O8P/c1-3-5-13-27-31(23,28-19-18-26-17-16-25-15-14-24-4-2)30-29-22-12-8-10-20-9-6-7-11-21(20)22/h6-12H,3-5,13-19H2,1-2H3. The number of phosphoric ester groups is 1. The molecule has 31 heavy (non-hydrogen) atoms. The molecule has 0 amide bonds. The average Bonchev–Trinajstić information content (AvgIpc) is 2.79. The van der Waals surface area contributed by atoms with Gasteiger partial charge in [0.05, 0.1) is 46.2 Å². The Morgan fingerprint density at radius 2 is 1.39 bits per heavy atom. The second kappa shape index (κ2) is 15.3. The molecule has 0 heterocycles. The number of unbranched alkanes of at least 4 members (excludes halogenated alkanes) is 1. The van der Waals surface area contributed by atoms with Crippen LogP contribution in [-0.4, -0.2) is 52.9 Å². The zero-order valence-electron chi connectivity index (χ0n) is 18.3. The fraction of sp³-hybridized carbons (Fsp3) is 0.545. The number of fused-ring (bicyclic) bond motifs is 1. The molecule has 9 heteroatoms. The number of phosphoric acid groups is 1. The lowest BCUT2D eigenvalue weighted by molar-refractivity contribution is -0.132. The van der Waals surface area contributed by atoms with Gasteiger partial charge in [0.15, 0.2) is 5.75 Å². The predicted molar refractivity (Wildman–Crippen MR) is 118 cm³/mol. The monoisotopic (exact) mass is 456 g/mol. The molecule has 0 radical (unpaired) electrons.